The molecule has 1 heterocycles. The number of nitrogens with zero attached hydrogens (tertiary/aromatic N) is 1. The van der Waals surface area contributed by atoms with Crippen LogP contribution in [0.1, 0.15) is 44.7 Å². The van der Waals surface area contributed by atoms with Crippen LogP contribution in [0, 0.1) is 0 Å². The standard InChI is InChI=1S/C20H27F3N2O3/c1-5-14-10-15(12-17(11-14)27-20(21,22)23)13-25-8-6-16(7-9-25)24-18(26)28-19(2,3)4/h5,10-12,16H,1,6-9,13H2,2-4H3,(H,24,26). The van der Waals surface area contributed by atoms with E-state index in [1.807, 2.05) is 20.8 Å². The zero-order chi connectivity index (χ0) is 20.9. The number of alkyl carbamates (subject to hydrolysis) is 1. The molecule has 1 fully saturated rings. The van der Waals surface area contributed by atoms with E-state index in [4.69, 9.17) is 4.74 Å². The van der Waals surface area contributed by atoms with Crippen LogP contribution in [-0.2, 0) is 11.3 Å². The number of carbonyl (C=O) groups excluding carboxylic acids is 1. The maximum absolute atomic E-state index is 12.5. The average molecular weight is 400 g/mol. The van der Waals surface area contributed by atoms with Crippen LogP contribution in [0.15, 0.2) is 24.8 Å². The lowest BCUT2D eigenvalue weighted by Crippen LogP contribution is -2.45. The summed E-state index contributed by atoms with van der Waals surface area (Å²) in [6.07, 6.45) is -2.19. The van der Waals surface area contributed by atoms with Crippen molar-refractivity contribution in [1.82, 2.24) is 10.2 Å². The zero-order valence-electron chi connectivity index (χ0n) is 16.4. The van der Waals surface area contributed by atoms with Gasteiger partial charge in [0.15, 0.2) is 0 Å². The summed E-state index contributed by atoms with van der Waals surface area (Å²) in [5.74, 6) is -0.249. The maximum atomic E-state index is 12.5. The van der Waals surface area contributed by atoms with Crippen molar-refractivity contribution in [2.75, 3.05) is 13.1 Å². The number of likely N-dealkylation sites (tertiary alicyclic amines) is 1. The number of carbonyl (C=O) groups is 1. The van der Waals surface area contributed by atoms with Gasteiger partial charge in [0, 0.05) is 25.7 Å². The van der Waals surface area contributed by atoms with Gasteiger partial charge in [0.05, 0.1) is 0 Å². The van der Waals surface area contributed by atoms with Crippen LogP contribution in [0.3, 0.4) is 0 Å². The summed E-state index contributed by atoms with van der Waals surface area (Å²) >= 11 is 0. The molecule has 5 nitrogen and oxygen atoms in total. The second-order valence-electron chi connectivity index (χ2n) is 7.86. The summed E-state index contributed by atoms with van der Waals surface area (Å²) in [4.78, 5) is 14.0. The van der Waals surface area contributed by atoms with Crippen LogP contribution in [-0.4, -0.2) is 42.1 Å². The number of benzene rings is 1. The lowest BCUT2D eigenvalue weighted by atomic mass is 10.0. The van der Waals surface area contributed by atoms with Crippen molar-refractivity contribution in [2.24, 2.45) is 0 Å². The summed E-state index contributed by atoms with van der Waals surface area (Å²) in [6.45, 7) is 11.0. The molecule has 1 aromatic rings. The molecule has 2 rings (SSSR count). The van der Waals surface area contributed by atoms with E-state index in [1.54, 1.807) is 6.07 Å². The predicted octanol–water partition coefficient (Wildman–Crippen LogP) is 4.72. The number of amides is 1. The highest BCUT2D eigenvalue weighted by Crippen LogP contribution is 2.26. The first-order valence-corrected chi connectivity index (χ1v) is 9.17. The normalized spacial score (nSPS) is 16.5. The number of hydrogen-bond acceptors (Lipinski definition) is 4. The Bertz CT molecular complexity index is 691. The van der Waals surface area contributed by atoms with Crippen molar-refractivity contribution >= 4 is 12.2 Å². The Hall–Kier alpha value is -2.22. The molecule has 8 heteroatoms. The molecule has 0 radical (unpaired) electrons. The van der Waals surface area contributed by atoms with Crippen LogP contribution in [0.4, 0.5) is 18.0 Å². The van der Waals surface area contributed by atoms with Gasteiger partial charge >= 0.3 is 12.5 Å². The first-order valence-electron chi connectivity index (χ1n) is 9.17. The second kappa shape index (κ2) is 8.86. The van der Waals surface area contributed by atoms with E-state index in [0.717, 1.165) is 18.4 Å². The van der Waals surface area contributed by atoms with E-state index in [-0.39, 0.29) is 11.8 Å². The molecule has 1 amide bonds. The van der Waals surface area contributed by atoms with Crippen LogP contribution < -0.4 is 10.1 Å². The minimum atomic E-state index is -4.73. The van der Waals surface area contributed by atoms with Gasteiger partial charge < -0.3 is 14.8 Å². The molecule has 0 unspecified atom stereocenters. The third kappa shape index (κ3) is 7.80. The fourth-order valence-electron chi connectivity index (χ4n) is 3.06. The summed E-state index contributed by atoms with van der Waals surface area (Å²) in [5, 5.41) is 2.87. The zero-order valence-corrected chi connectivity index (χ0v) is 16.4. The van der Waals surface area contributed by atoms with Crippen LogP contribution in [0.25, 0.3) is 6.08 Å². The molecule has 1 aromatic carbocycles. The van der Waals surface area contributed by atoms with Gasteiger partial charge in [-0.25, -0.2) is 4.79 Å². The Balaban J connectivity index is 1.91. The fraction of sp³-hybridized carbons (Fsp3) is 0.550. The Labute approximate surface area is 163 Å². The number of nitrogens with one attached hydrogen (secondary N) is 1. The summed E-state index contributed by atoms with van der Waals surface area (Å²) in [7, 11) is 0. The Morgan fingerprint density at radius 3 is 2.43 bits per heavy atom. The molecule has 0 atom stereocenters. The van der Waals surface area contributed by atoms with E-state index in [1.165, 1.54) is 18.2 Å². The van der Waals surface area contributed by atoms with Gasteiger partial charge in [-0.15, -0.1) is 13.2 Å². The van der Waals surface area contributed by atoms with Crippen molar-refractivity contribution in [3.8, 4) is 5.75 Å². The highest BCUT2D eigenvalue weighted by atomic mass is 19.4. The van der Waals surface area contributed by atoms with Gasteiger partial charge in [-0.05, 0) is 56.9 Å². The molecule has 28 heavy (non-hydrogen) atoms. The van der Waals surface area contributed by atoms with Gasteiger partial charge in [-0.3, -0.25) is 4.90 Å². The molecule has 0 bridgehead atoms. The largest absolute Gasteiger partial charge is 0.573 e. The number of hydrogen-bond donors (Lipinski definition) is 1. The number of alkyl halides is 3. The minimum absolute atomic E-state index is 0.0229. The number of piperidine rings is 1. The number of rotatable bonds is 5. The van der Waals surface area contributed by atoms with Gasteiger partial charge in [0.1, 0.15) is 11.4 Å². The molecule has 156 valence electrons. The molecule has 0 spiro atoms. The number of halogens is 3. The fourth-order valence-corrected chi connectivity index (χ4v) is 3.06. The summed E-state index contributed by atoms with van der Waals surface area (Å²) in [6, 6.07) is 4.52. The van der Waals surface area contributed by atoms with E-state index < -0.39 is 18.1 Å². The Morgan fingerprint density at radius 1 is 1.25 bits per heavy atom. The molecule has 1 aliphatic heterocycles. The molecule has 1 N–H and O–H groups in total. The lowest BCUT2D eigenvalue weighted by molar-refractivity contribution is -0.274. The SMILES string of the molecule is C=Cc1cc(CN2CCC(NC(=O)OC(C)(C)C)CC2)cc(OC(F)(F)F)c1. The van der Waals surface area contributed by atoms with Crippen molar-refractivity contribution in [1.29, 1.82) is 0 Å². The summed E-state index contributed by atoms with van der Waals surface area (Å²) < 4.78 is 46.9. The molecule has 1 aliphatic rings. The van der Waals surface area contributed by atoms with Crippen LogP contribution in [0.2, 0.25) is 0 Å². The maximum Gasteiger partial charge on any atom is 0.573 e. The van der Waals surface area contributed by atoms with Gasteiger partial charge in [0.2, 0.25) is 0 Å². The lowest BCUT2D eigenvalue weighted by Gasteiger charge is -2.33. The predicted molar refractivity (Wildman–Crippen MR) is 101 cm³/mol. The van der Waals surface area contributed by atoms with Crippen LogP contribution >= 0.6 is 0 Å². The average Bonchev–Trinajstić information content (AvgIpc) is 2.53. The van der Waals surface area contributed by atoms with Gasteiger partial charge in [-0.2, -0.15) is 0 Å². The third-order valence-corrected chi connectivity index (χ3v) is 4.17. The second-order valence-corrected chi connectivity index (χ2v) is 7.86. The monoisotopic (exact) mass is 400 g/mol. The van der Waals surface area contributed by atoms with E-state index in [0.29, 0.717) is 25.2 Å². The smallest absolute Gasteiger partial charge is 0.444 e. The molecular weight excluding hydrogens is 373 g/mol. The molecule has 0 aliphatic carbocycles. The highest BCUT2D eigenvalue weighted by molar-refractivity contribution is 5.68. The van der Waals surface area contributed by atoms with Crippen molar-refractivity contribution in [3.05, 3.63) is 35.9 Å². The first kappa shape index (κ1) is 22.1. The van der Waals surface area contributed by atoms with Gasteiger partial charge in [-0.1, -0.05) is 18.7 Å². The van der Waals surface area contributed by atoms with Crippen LogP contribution in [0.5, 0.6) is 5.75 Å². The summed E-state index contributed by atoms with van der Waals surface area (Å²) in [5.41, 5.74) is 0.741. The van der Waals surface area contributed by atoms with E-state index in [2.05, 4.69) is 21.5 Å². The highest BCUT2D eigenvalue weighted by Gasteiger charge is 2.31. The minimum Gasteiger partial charge on any atom is -0.444 e. The molecule has 0 aromatic heterocycles. The third-order valence-electron chi connectivity index (χ3n) is 4.17. The van der Waals surface area contributed by atoms with Crippen molar-refractivity contribution in [2.45, 2.75) is 58.2 Å². The Kier molecular flexibility index (Phi) is 6.98. The van der Waals surface area contributed by atoms with E-state index >= 15 is 0 Å². The van der Waals surface area contributed by atoms with Crippen molar-refractivity contribution in [3.63, 3.8) is 0 Å². The van der Waals surface area contributed by atoms with Crippen molar-refractivity contribution < 1.29 is 27.4 Å². The van der Waals surface area contributed by atoms with Gasteiger partial charge in [0.25, 0.3) is 0 Å². The Morgan fingerprint density at radius 2 is 1.89 bits per heavy atom. The first-order chi connectivity index (χ1) is 12.9. The number of ether oxygens (including phenoxy) is 2. The van der Waals surface area contributed by atoms with E-state index in [9.17, 15) is 18.0 Å². The molecule has 0 saturated carbocycles. The quantitative estimate of drug-likeness (QED) is 0.777. The molecule has 1 saturated heterocycles. The molecular formula is C20H27F3N2O3. The topological polar surface area (TPSA) is 50.8 Å².